The van der Waals surface area contributed by atoms with Crippen molar-refractivity contribution < 1.29 is 4.52 Å². The van der Waals surface area contributed by atoms with Gasteiger partial charge in [0.05, 0.1) is 0 Å². The van der Waals surface area contributed by atoms with Crippen molar-refractivity contribution in [2.24, 2.45) is 5.73 Å². The van der Waals surface area contributed by atoms with E-state index in [4.69, 9.17) is 5.73 Å². The van der Waals surface area contributed by atoms with E-state index < -0.39 is 5.76 Å². The van der Waals surface area contributed by atoms with Crippen LogP contribution < -0.4 is 11.5 Å². The first kappa shape index (κ1) is 7.54. The summed E-state index contributed by atoms with van der Waals surface area (Å²) >= 11 is 0. The van der Waals surface area contributed by atoms with Gasteiger partial charge in [0.2, 0.25) is 0 Å². The Kier molecular flexibility index (Phi) is 1.73. The van der Waals surface area contributed by atoms with E-state index >= 15 is 0 Å². The lowest BCUT2D eigenvalue weighted by Gasteiger charge is -2.09. The van der Waals surface area contributed by atoms with Crippen LogP contribution in [0.4, 0.5) is 0 Å². The molecule has 1 fully saturated rings. The predicted molar refractivity (Wildman–Crippen MR) is 41.7 cm³/mol. The van der Waals surface area contributed by atoms with Gasteiger partial charge in [-0.1, -0.05) is 11.6 Å². The van der Waals surface area contributed by atoms with Gasteiger partial charge in [0.1, 0.15) is 0 Å². The number of aromatic amines is 1. The molecule has 0 unspecified atom stereocenters. The maximum absolute atomic E-state index is 10.6. The van der Waals surface area contributed by atoms with Gasteiger partial charge in [0, 0.05) is 12.0 Å². The summed E-state index contributed by atoms with van der Waals surface area (Å²) in [4.78, 5) is 13.2. The predicted octanol–water partition coefficient (Wildman–Crippen LogP) is -0.0423. The minimum absolute atomic E-state index is 0.116. The Morgan fingerprint density at radius 3 is 2.92 bits per heavy atom. The summed E-state index contributed by atoms with van der Waals surface area (Å²) in [5.74, 6) is 0.283. The summed E-state index contributed by atoms with van der Waals surface area (Å²) in [6.45, 7) is 0. The van der Waals surface area contributed by atoms with Gasteiger partial charge >= 0.3 is 5.76 Å². The smallest absolute Gasteiger partial charge is 0.327 e. The number of aromatic nitrogens is 2. The fourth-order valence-corrected chi connectivity index (χ4v) is 1.73. The summed E-state index contributed by atoms with van der Waals surface area (Å²) in [5.41, 5.74) is 5.82. The van der Waals surface area contributed by atoms with Crippen LogP contribution in [0, 0.1) is 0 Å². The van der Waals surface area contributed by atoms with Crippen LogP contribution in [-0.4, -0.2) is 16.2 Å². The van der Waals surface area contributed by atoms with Crippen LogP contribution in [0.15, 0.2) is 9.32 Å². The Labute approximate surface area is 68.9 Å². The highest BCUT2D eigenvalue weighted by Crippen LogP contribution is 2.30. The van der Waals surface area contributed by atoms with Crippen LogP contribution in [-0.2, 0) is 0 Å². The third-order valence-electron chi connectivity index (χ3n) is 2.38. The summed E-state index contributed by atoms with van der Waals surface area (Å²) in [6.07, 6.45) is 3.09. The molecule has 2 rings (SSSR count). The normalized spacial score (nSPS) is 29.4. The largest absolute Gasteiger partial charge is 0.438 e. The molecule has 1 saturated carbocycles. The topological polar surface area (TPSA) is 84.9 Å². The maximum atomic E-state index is 10.6. The van der Waals surface area contributed by atoms with Crippen molar-refractivity contribution in [3.05, 3.63) is 16.4 Å². The zero-order valence-electron chi connectivity index (χ0n) is 6.62. The summed E-state index contributed by atoms with van der Waals surface area (Å²) in [7, 11) is 0. The van der Waals surface area contributed by atoms with E-state index in [0.29, 0.717) is 5.82 Å². The monoisotopic (exact) mass is 169 g/mol. The summed E-state index contributed by atoms with van der Waals surface area (Å²) < 4.78 is 4.41. The first-order valence-corrected chi connectivity index (χ1v) is 4.09. The van der Waals surface area contributed by atoms with Gasteiger partial charge in [-0.2, -0.15) is 0 Å². The second-order valence-electron chi connectivity index (χ2n) is 3.18. The van der Waals surface area contributed by atoms with Crippen LogP contribution >= 0.6 is 0 Å². The lowest BCUT2D eigenvalue weighted by Crippen LogP contribution is -2.23. The van der Waals surface area contributed by atoms with Crippen LogP contribution in [0.5, 0.6) is 0 Å². The van der Waals surface area contributed by atoms with Crippen LogP contribution in [0.25, 0.3) is 0 Å². The summed E-state index contributed by atoms with van der Waals surface area (Å²) in [5, 5.41) is 3.63. The third-order valence-corrected chi connectivity index (χ3v) is 2.38. The van der Waals surface area contributed by atoms with E-state index in [0.717, 1.165) is 19.3 Å². The second-order valence-corrected chi connectivity index (χ2v) is 3.18. The van der Waals surface area contributed by atoms with Crippen molar-refractivity contribution in [3.63, 3.8) is 0 Å². The fraction of sp³-hybridized carbons (Fsp3) is 0.714. The standard InChI is InChI=1S/C7H11N3O2/c8-5-3-1-2-4(5)6-9-7(11)12-10-6/h4-5H,1-3,8H2,(H,9,10,11)/t4-,5+/m1/s1. The van der Waals surface area contributed by atoms with Gasteiger partial charge in [-0.25, -0.2) is 4.79 Å². The number of nitrogens with zero attached hydrogens (tertiary/aromatic N) is 1. The zero-order valence-corrected chi connectivity index (χ0v) is 6.62. The van der Waals surface area contributed by atoms with Crippen molar-refractivity contribution in [2.75, 3.05) is 0 Å². The number of hydrogen-bond donors (Lipinski definition) is 2. The number of hydrogen-bond acceptors (Lipinski definition) is 4. The quantitative estimate of drug-likeness (QED) is 0.617. The molecular weight excluding hydrogens is 158 g/mol. The Morgan fingerprint density at radius 1 is 1.58 bits per heavy atom. The molecule has 1 aliphatic carbocycles. The van der Waals surface area contributed by atoms with Crippen molar-refractivity contribution >= 4 is 0 Å². The molecule has 0 aliphatic heterocycles. The summed E-state index contributed by atoms with van der Waals surface area (Å²) in [6, 6.07) is 0.116. The Hall–Kier alpha value is -1.10. The molecule has 0 amide bonds. The van der Waals surface area contributed by atoms with Crippen molar-refractivity contribution in [1.29, 1.82) is 0 Å². The minimum atomic E-state index is -0.496. The van der Waals surface area contributed by atoms with Crippen LogP contribution in [0.2, 0.25) is 0 Å². The van der Waals surface area contributed by atoms with E-state index in [9.17, 15) is 4.79 Å². The fourth-order valence-electron chi connectivity index (χ4n) is 1.73. The third kappa shape index (κ3) is 1.16. The molecule has 1 aromatic rings. The van der Waals surface area contributed by atoms with Gasteiger partial charge in [-0.15, -0.1) is 0 Å². The van der Waals surface area contributed by atoms with Gasteiger partial charge in [0.25, 0.3) is 0 Å². The molecule has 2 atom stereocenters. The van der Waals surface area contributed by atoms with Crippen molar-refractivity contribution in [1.82, 2.24) is 10.1 Å². The van der Waals surface area contributed by atoms with Crippen LogP contribution in [0.3, 0.4) is 0 Å². The molecule has 0 radical (unpaired) electrons. The Balaban J connectivity index is 2.24. The van der Waals surface area contributed by atoms with Crippen LogP contribution in [0.1, 0.15) is 31.0 Å². The highest BCUT2D eigenvalue weighted by molar-refractivity contribution is 5.01. The molecule has 1 heterocycles. The first-order chi connectivity index (χ1) is 5.77. The molecule has 3 N–H and O–H groups in total. The molecule has 0 saturated heterocycles. The average molecular weight is 169 g/mol. The zero-order chi connectivity index (χ0) is 8.55. The highest BCUT2D eigenvalue weighted by atomic mass is 16.5. The Morgan fingerprint density at radius 2 is 2.42 bits per heavy atom. The maximum Gasteiger partial charge on any atom is 0.438 e. The number of rotatable bonds is 1. The molecule has 0 bridgehead atoms. The molecule has 12 heavy (non-hydrogen) atoms. The molecule has 0 spiro atoms. The van der Waals surface area contributed by atoms with Gasteiger partial charge in [-0.05, 0) is 12.8 Å². The molecule has 1 aromatic heterocycles. The van der Waals surface area contributed by atoms with Crippen molar-refractivity contribution in [2.45, 2.75) is 31.2 Å². The van der Waals surface area contributed by atoms with Gasteiger partial charge < -0.3 is 5.73 Å². The second kappa shape index (κ2) is 2.75. The average Bonchev–Trinajstić information content (AvgIpc) is 2.58. The van der Waals surface area contributed by atoms with E-state index in [1.807, 2.05) is 0 Å². The van der Waals surface area contributed by atoms with Gasteiger partial charge in [0.15, 0.2) is 5.82 Å². The highest BCUT2D eigenvalue weighted by Gasteiger charge is 2.28. The molecule has 1 aliphatic rings. The lowest BCUT2D eigenvalue weighted by molar-refractivity contribution is 0.375. The molecule has 5 heteroatoms. The minimum Gasteiger partial charge on any atom is -0.327 e. The number of nitrogens with two attached hydrogens (primary N) is 1. The molecule has 66 valence electrons. The molecular formula is C7H11N3O2. The first-order valence-electron chi connectivity index (χ1n) is 4.09. The van der Waals surface area contributed by atoms with Gasteiger partial charge in [-0.3, -0.25) is 9.51 Å². The number of H-pyrrole nitrogens is 1. The SMILES string of the molecule is N[C@H]1CCC[C@H]1c1noc(=O)[nH]1. The van der Waals surface area contributed by atoms with Crippen molar-refractivity contribution in [3.8, 4) is 0 Å². The molecule has 5 nitrogen and oxygen atoms in total. The lowest BCUT2D eigenvalue weighted by atomic mass is 10.0. The molecule has 0 aromatic carbocycles. The Bertz CT molecular complexity index is 316. The number of nitrogens with one attached hydrogen (secondary N) is 1. The van der Waals surface area contributed by atoms with E-state index in [-0.39, 0.29) is 12.0 Å². The van der Waals surface area contributed by atoms with E-state index in [1.54, 1.807) is 0 Å². The van der Waals surface area contributed by atoms with E-state index in [1.165, 1.54) is 0 Å². The van der Waals surface area contributed by atoms with E-state index in [2.05, 4.69) is 14.7 Å².